The summed E-state index contributed by atoms with van der Waals surface area (Å²) in [5.74, 6) is 0.0438. The summed E-state index contributed by atoms with van der Waals surface area (Å²) < 4.78 is 0. The summed E-state index contributed by atoms with van der Waals surface area (Å²) in [6.07, 6.45) is 0. The third kappa shape index (κ3) is 4.88. The van der Waals surface area contributed by atoms with Crippen LogP contribution in [0.2, 0.25) is 0 Å². The summed E-state index contributed by atoms with van der Waals surface area (Å²) in [7, 11) is 0. The molecule has 0 spiro atoms. The van der Waals surface area contributed by atoms with Crippen LogP contribution in [0.3, 0.4) is 0 Å². The maximum atomic E-state index is 12.8. The molecule has 1 fully saturated rings. The Kier molecular flexibility index (Phi) is 6.35. The molecule has 0 bridgehead atoms. The Morgan fingerprint density at radius 3 is 2.41 bits per heavy atom. The largest absolute Gasteiger partial charge is 0.375 e. The molecule has 1 amide bonds. The number of hydrogen-bond donors (Lipinski definition) is 1. The number of benzene rings is 3. The van der Waals surface area contributed by atoms with Gasteiger partial charge in [0.15, 0.2) is 0 Å². The zero-order valence-electron chi connectivity index (χ0n) is 18.0. The van der Waals surface area contributed by atoms with E-state index in [1.54, 1.807) is 12.1 Å². The molecule has 1 heterocycles. The highest BCUT2D eigenvalue weighted by Gasteiger charge is 2.24. The van der Waals surface area contributed by atoms with E-state index in [1.807, 2.05) is 72.5 Å². The average molecular weight is 431 g/mol. The van der Waals surface area contributed by atoms with Crippen LogP contribution < -0.4 is 10.2 Å². The van der Waals surface area contributed by atoms with Gasteiger partial charge in [-0.1, -0.05) is 48.0 Å². The number of carbonyl (C=O) groups excluding carboxylic acids is 1. The van der Waals surface area contributed by atoms with Gasteiger partial charge in [-0.3, -0.25) is 14.9 Å². The second-order valence-electron chi connectivity index (χ2n) is 7.95. The predicted octanol–water partition coefficient (Wildman–Crippen LogP) is 4.48. The van der Waals surface area contributed by atoms with Gasteiger partial charge in [0.2, 0.25) is 0 Å². The van der Waals surface area contributed by atoms with E-state index in [4.69, 9.17) is 0 Å². The number of nitro benzene ring substituents is 1. The molecule has 7 nitrogen and oxygen atoms in total. The van der Waals surface area contributed by atoms with E-state index in [9.17, 15) is 14.9 Å². The van der Waals surface area contributed by atoms with E-state index in [2.05, 4.69) is 10.2 Å². The number of anilines is 2. The van der Waals surface area contributed by atoms with Crippen molar-refractivity contribution in [3.05, 3.63) is 99.6 Å². The molecule has 0 aliphatic carbocycles. The number of nitro groups is 1. The van der Waals surface area contributed by atoms with Gasteiger partial charge in [0.05, 0.1) is 4.92 Å². The monoisotopic (exact) mass is 430 g/mol. The highest BCUT2D eigenvalue weighted by Crippen LogP contribution is 2.30. The first-order valence-corrected chi connectivity index (χ1v) is 10.7. The lowest BCUT2D eigenvalue weighted by atomic mass is 10.1. The molecule has 4 rings (SSSR count). The van der Waals surface area contributed by atoms with E-state index >= 15 is 0 Å². The number of nitrogens with zero attached hydrogens (tertiary/aromatic N) is 3. The van der Waals surface area contributed by atoms with Crippen LogP contribution >= 0.6 is 0 Å². The van der Waals surface area contributed by atoms with Crippen molar-refractivity contribution in [2.45, 2.75) is 13.5 Å². The lowest BCUT2D eigenvalue weighted by molar-refractivity contribution is -0.384. The van der Waals surface area contributed by atoms with Gasteiger partial charge >= 0.3 is 0 Å². The molecule has 1 saturated heterocycles. The van der Waals surface area contributed by atoms with Crippen molar-refractivity contribution in [2.24, 2.45) is 0 Å². The van der Waals surface area contributed by atoms with E-state index in [0.717, 1.165) is 16.8 Å². The first-order chi connectivity index (χ1) is 15.5. The highest BCUT2D eigenvalue weighted by atomic mass is 16.6. The van der Waals surface area contributed by atoms with Crippen LogP contribution in [0.1, 0.15) is 21.5 Å². The Bertz CT molecular complexity index is 1110. The van der Waals surface area contributed by atoms with E-state index in [-0.39, 0.29) is 16.5 Å². The Labute approximate surface area is 187 Å². The minimum atomic E-state index is -0.366. The summed E-state index contributed by atoms with van der Waals surface area (Å²) in [4.78, 5) is 28.0. The van der Waals surface area contributed by atoms with Crippen LogP contribution in [0.15, 0.2) is 72.8 Å². The molecule has 7 heteroatoms. The van der Waals surface area contributed by atoms with Crippen molar-refractivity contribution in [1.29, 1.82) is 0 Å². The van der Waals surface area contributed by atoms with E-state index in [0.29, 0.717) is 44.0 Å². The molecule has 0 atom stereocenters. The summed E-state index contributed by atoms with van der Waals surface area (Å²) in [6, 6.07) is 22.6. The fourth-order valence-electron chi connectivity index (χ4n) is 3.94. The van der Waals surface area contributed by atoms with Gasteiger partial charge in [0.1, 0.15) is 5.69 Å². The van der Waals surface area contributed by atoms with Crippen LogP contribution in [-0.4, -0.2) is 41.9 Å². The fraction of sp³-hybridized carbons (Fsp3) is 0.240. The Hall–Kier alpha value is -3.87. The third-order valence-electron chi connectivity index (χ3n) is 5.70. The maximum absolute atomic E-state index is 12.8. The fourth-order valence-corrected chi connectivity index (χ4v) is 3.94. The van der Waals surface area contributed by atoms with Crippen LogP contribution in [0, 0.1) is 17.0 Å². The molecule has 1 aliphatic rings. The number of amides is 1. The molecule has 0 aromatic heterocycles. The predicted molar refractivity (Wildman–Crippen MR) is 126 cm³/mol. The van der Waals surface area contributed by atoms with Crippen LogP contribution in [0.25, 0.3) is 0 Å². The van der Waals surface area contributed by atoms with Gasteiger partial charge in [0, 0.05) is 50.0 Å². The number of rotatable bonds is 6. The van der Waals surface area contributed by atoms with Gasteiger partial charge in [-0.05, 0) is 36.8 Å². The first-order valence-electron chi connectivity index (χ1n) is 10.7. The first kappa shape index (κ1) is 21.4. The molecule has 0 radical (unpaired) electrons. The van der Waals surface area contributed by atoms with Gasteiger partial charge in [-0.15, -0.1) is 0 Å². The molecule has 1 N–H and O–H groups in total. The summed E-state index contributed by atoms with van der Waals surface area (Å²) in [5.41, 5.74) is 4.29. The van der Waals surface area contributed by atoms with E-state index < -0.39 is 0 Å². The lowest BCUT2D eigenvalue weighted by Gasteiger charge is -2.36. The number of hydrogen-bond acceptors (Lipinski definition) is 5. The van der Waals surface area contributed by atoms with Crippen molar-refractivity contribution >= 4 is 23.0 Å². The van der Waals surface area contributed by atoms with Crippen molar-refractivity contribution in [2.75, 3.05) is 36.4 Å². The van der Waals surface area contributed by atoms with Gasteiger partial charge < -0.3 is 15.1 Å². The molecule has 1 aliphatic heterocycles. The SMILES string of the molecule is Cc1cccc(C(=O)N2CCN(c3ccc([N+](=O)[O-])c(NCc4ccccc4)c3)CC2)c1. The van der Waals surface area contributed by atoms with Gasteiger partial charge in [-0.25, -0.2) is 0 Å². The molecule has 0 unspecified atom stereocenters. The molecular weight excluding hydrogens is 404 g/mol. The second kappa shape index (κ2) is 9.51. The van der Waals surface area contributed by atoms with Crippen molar-refractivity contribution < 1.29 is 9.72 Å². The van der Waals surface area contributed by atoms with Gasteiger partial charge in [0.25, 0.3) is 11.6 Å². The normalized spacial score (nSPS) is 13.7. The summed E-state index contributed by atoms with van der Waals surface area (Å²) in [5, 5.41) is 14.7. The molecule has 0 saturated carbocycles. The second-order valence-corrected chi connectivity index (χ2v) is 7.95. The average Bonchev–Trinajstić information content (AvgIpc) is 2.83. The zero-order chi connectivity index (χ0) is 22.5. The standard InChI is InChI=1S/C25H26N4O3/c1-19-6-5-9-21(16-19)25(30)28-14-12-27(13-15-28)22-10-11-24(29(31)32)23(17-22)26-18-20-7-3-2-4-8-20/h2-11,16-17,26H,12-15,18H2,1H3. The molecule has 164 valence electrons. The smallest absolute Gasteiger partial charge is 0.292 e. The maximum Gasteiger partial charge on any atom is 0.292 e. The Morgan fingerprint density at radius 2 is 1.72 bits per heavy atom. The molecular formula is C25H26N4O3. The minimum absolute atomic E-state index is 0.0438. The van der Waals surface area contributed by atoms with E-state index in [1.165, 1.54) is 0 Å². The van der Waals surface area contributed by atoms with Crippen molar-refractivity contribution in [1.82, 2.24) is 4.90 Å². The Balaban J connectivity index is 1.44. The molecule has 32 heavy (non-hydrogen) atoms. The van der Waals surface area contributed by atoms with Gasteiger partial charge in [-0.2, -0.15) is 0 Å². The van der Waals surface area contributed by atoms with Crippen LogP contribution in [-0.2, 0) is 6.54 Å². The zero-order valence-corrected chi connectivity index (χ0v) is 18.0. The van der Waals surface area contributed by atoms with Crippen molar-refractivity contribution in [3.63, 3.8) is 0 Å². The number of nitrogens with one attached hydrogen (secondary N) is 1. The van der Waals surface area contributed by atoms with Crippen LogP contribution in [0.4, 0.5) is 17.1 Å². The number of aryl methyl sites for hydroxylation is 1. The Morgan fingerprint density at radius 1 is 0.969 bits per heavy atom. The molecule has 3 aromatic carbocycles. The number of piperazine rings is 1. The third-order valence-corrected chi connectivity index (χ3v) is 5.70. The lowest BCUT2D eigenvalue weighted by Crippen LogP contribution is -2.48. The highest BCUT2D eigenvalue weighted by molar-refractivity contribution is 5.94. The topological polar surface area (TPSA) is 78.7 Å². The summed E-state index contributed by atoms with van der Waals surface area (Å²) >= 11 is 0. The minimum Gasteiger partial charge on any atom is -0.375 e. The quantitative estimate of drug-likeness (QED) is 0.461. The number of carbonyl (C=O) groups is 1. The van der Waals surface area contributed by atoms with Crippen LogP contribution in [0.5, 0.6) is 0 Å². The molecule has 3 aromatic rings. The van der Waals surface area contributed by atoms with Crippen molar-refractivity contribution in [3.8, 4) is 0 Å². The summed E-state index contributed by atoms with van der Waals surface area (Å²) in [6.45, 7) is 5.05.